The summed E-state index contributed by atoms with van der Waals surface area (Å²) in [4.78, 5) is 21.2. The normalized spacial score (nSPS) is 10.6. The van der Waals surface area contributed by atoms with E-state index in [2.05, 4.69) is 0 Å². The number of hydrogen-bond acceptors (Lipinski definition) is 4. The smallest absolute Gasteiger partial charge is 1.00 e. The molecule has 0 aromatic heterocycles. The molecular formula is C9H19NNa2O4. The van der Waals surface area contributed by atoms with Crippen LogP contribution in [0.1, 0.15) is 35.5 Å². The molecule has 0 bridgehead atoms. The van der Waals surface area contributed by atoms with Crippen LogP contribution in [0.5, 0.6) is 0 Å². The minimum atomic E-state index is -1.09. The minimum Gasteiger partial charge on any atom is -1.00 e. The molecular weight excluding hydrogens is 232 g/mol. The molecule has 0 heterocycles. The average molecular weight is 251 g/mol. The van der Waals surface area contributed by atoms with Crippen LogP contribution in [0.15, 0.2) is 0 Å². The molecule has 0 aliphatic rings. The molecule has 0 radical (unpaired) electrons. The second-order valence-electron chi connectivity index (χ2n) is 3.08. The molecule has 0 aliphatic heterocycles. The third-order valence-electron chi connectivity index (χ3n) is 1.69. The van der Waals surface area contributed by atoms with Crippen molar-refractivity contribution in [2.75, 3.05) is 6.61 Å². The monoisotopic (exact) mass is 251 g/mol. The molecule has 3 N–H and O–H groups in total. The van der Waals surface area contributed by atoms with Crippen LogP contribution in [0.3, 0.4) is 0 Å². The van der Waals surface area contributed by atoms with Crippen LogP contribution in [0, 0.1) is 0 Å². The van der Waals surface area contributed by atoms with Gasteiger partial charge < -0.3 is 18.4 Å². The Labute approximate surface area is 143 Å². The van der Waals surface area contributed by atoms with E-state index in [1.165, 1.54) is 0 Å². The van der Waals surface area contributed by atoms with Crippen molar-refractivity contribution in [2.45, 2.75) is 38.6 Å². The van der Waals surface area contributed by atoms with Gasteiger partial charge in [-0.3, -0.25) is 9.59 Å². The van der Waals surface area contributed by atoms with Crippen molar-refractivity contribution in [3.63, 3.8) is 0 Å². The Kier molecular flexibility index (Phi) is 19.3. The first-order chi connectivity index (χ1) is 6.57. The van der Waals surface area contributed by atoms with Crippen LogP contribution in [0.25, 0.3) is 0 Å². The Morgan fingerprint density at radius 2 is 1.94 bits per heavy atom. The standard InChI is InChI=1S/C9H17NO4.2Na.2H/c1-2-3-4-5-14-9(13)7(10)6-8(11)12;;;;/h7H,2-6,10H2,1H3,(H,11,12);;;;/q;2*+1;2*-1. The Morgan fingerprint density at radius 1 is 1.38 bits per heavy atom. The predicted molar refractivity (Wildman–Crippen MR) is 52.9 cm³/mol. The molecule has 0 aromatic rings. The summed E-state index contributed by atoms with van der Waals surface area (Å²) in [6.07, 6.45) is 2.44. The summed E-state index contributed by atoms with van der Waals surface area (Å²) in [5.74, 6) is -1.73. The van der Waals surface area contributed by atoms with E-state index < -0.39 is 18.0 Å². The molecule has 16 heavy (non-hydrogen) atoms. The first kappa shape index (κ1) is 22.1. The number of hydrogen-bond donors (Lipinski definition) is 2. The topological polar surface area (TPSA) is 89.6 Å². The quantitative estimate of drug-likeness (QED) is 0.268. The van der Waals surface area contributed by atoms with Crippen LogP contribution >= 0.6 is 0 Å². The first-order valence-electron chi connectivity index (χ1n) is 4.72. The molecule has 0 aromatic carbocycles. The molecule has 0 fully saturated rings. The first-order valence-corrected chi connectivity index (χ1v) is 4.72. The fourth-order valence-corrected chi connectivity index (χ4v) is 0.903. The van der Waals surface area contributed by atoms with E-state index in [-0.39, 0.29) is 68.4 Å². The Balaban J connectivity index is -0.000000141. The molecule has 0 saturated heterocycles. The predicted octanol–water partition coefficient (Wildman–Crippen LogP) is -5.25. The number of carbonyl (C=O) groups is 2. The maximum absolute atomic E-state index is 11.0. The van der Waals surface area contributed by atoms with Crippen LogP contribution < -0.4 is 64.8 Å². The zero-order chi connectivity index (χ0) is 11.0. The third kappa shape index (κ3) is 13.0. The molecule has 7 heteroatoms. The zero-order valence-electron chi connectivity index (χ0n) is 12.4. The maximum atomic E-state index is 11.0. The van der Waals surface area contributed by atoms with Crippen molar-refractivity contribution in [1.29, 1.82) is 0 Å². The summed E-state index contributed by atoms with van der Waals surface area (Å²) in [5.41, 5.74) is 5.28. The Bertz CT molecular complexity index is 211. The average Bonchev–Trinajstić information content (AvgIpc) is 2.11. The molecule has 0 spiro atoms. The third-order valence-corrected chi connectivity index (χ3v) is 1.69. The second kappa shape index (κ2) is 14.0. The molecule has 0 saturated carbocycles. The van der Waals surface area contributed by atoms with Gasteiger partial charge in [0.05, 0.1) is 13.0 Å². The minimum absolute atomic E-state index is 0. The van der Waals surface area contributed by atoms with Gasteiger partial charge in [0.1, 0.15) is 6.04 Å². The molecule has 1 atom stereocenters. The van der Waals surface area contributed by atoms with Crippen molar-refractivity contribution in [2.24, 2.45) is 5.73 Å². The van der Waals surface area contributed by atoms with Gasteiger partial charge >= 0.3 is 71.1 Å². The number of carboxylic acid groups (broad SMARTS) is 1. The molecule has 0 amide bonds. The van der Waals surface area contributed by atoms with Crippen molar-refractivity contribution in [1.82, 2.24) is 0 Å². The number of unbranched alkanes of at least 4 members (excludes halogenated alkanes) is 2. The number of ether oxygens (including phenoxy) is 1. The number of carbonyl (C=O) groups excluding carboxylic acids is 1. The van der Waals surface area contributed by atoms with E-state index in [4.69, 9.17) is 15.6 Å². The number of esters is 1. The zero-order valence-corrected chi connectivity index (χ0v) is 14.4. The van der Waals surface area contributed by atoms with Gasteiger partial charge in [0.25, 0.3) is 0 Å². The van der Waals surface area contributed by atoms with Gasteiger partial charge in [0.2, 0.25) is 0 Å². The van der Waals surface area contributed by atoms with E-state index in [0.717, 1.165) is 19.3 Å². The molecule has 0 aliphatic carbocycles. The van der Waals surface area contributed by atoms with Crippen molar-refractivity contribution >= 4 is 11.9 Å². The van der Waals surface area contributed by atoms with E-state index >= 15 is 0 Å². The summed E-state index contributed by atoms with van der Waals surface area (Å²) in [6, 6.07) is -1.05. The van der Waals surface area contributed by atoms with E-state index in [9.17, 15) is 9.59 Å². The largest absolute Gasteiger partial charge is 1.00 e. The number of rotatable bonds is 7. The molecule has 1 unspecified atom stereocenters. The van der Waals surface area contributed by atoms with Crippen molar-refractivity contribution in [3.05, 3.63) is 0 Å². The summed E-state index contributed by atoms with van der Waals surface area (Å²) in [5, 5.41) is 8.35. The van der Waals surface area contributed by atoms with E-state index in [0.29, 0.717) is 6.61 Å². The fourth-order valence-electron chi connectivity index (χ4n) is 0.903. The maximum Gasteiger partial charge on any atom is 1.00 e. The van der Waals surface area contributed by atoms with Crippen LogP contribution in [-0.4, -0.2) is 29.7 Å². The van der Waals surface area contributed by atoms with E-state index in [1.54, 1.807) is 0 Å². The van der Waals surface area contributed by atoms with Gasteiger partial charge in [-0.1, -0.05) is 19.8 Å². The molecule has 0 rings (SSSR count). The number of nitrogens with two attached hydrogens (primary N) is 1. The SMILES string of the molecule is CCCCCOC(=O)C(N)CC(=O)O.[H-].[H-].[Na+].[Na+]. The molecule has 5 nitrogen and oxygen atoms in total. The van der Waals surface area contributed by atoms with Crippen LogP contribution in [0.2, 0.25) is 0 Å². The Hall–Kier alpha value is 0.900. The second-order valence-corrected chi connectivity index (χ2v) is 3.08. The van der Waals surface area contributed by atoms with Gasteiger partial charge in [-0.05, 0) is 6.42 Å². The summed E-state index contributed by atoms with van der Waals surface area (Å²) < 4.78 is 4.78. The van der Waals surface area contributed by atoms with Gasteiger partial charge in [0, 0.05) is 0 Å². The number of aliphatic carboxylic acids is 1. The summed E-state index contributed by atoms with van der Waals surface area (Å²) in [6.45, 7) is 2.36. The summed E-state index contributed by atoms with van der Waals surface area (Å²) >= 11 is 0. The fraction of sp³-hybridized carbons (Fsp3) is 0.778. The van der Waals surface area contributed by atoms with Gasteiger partial charge in [-0.15, -0.1) is 0 Å². The number of carboxylic acids is 1. The van der Waals surface area contributed by atoms with Crippen LogP contribution in [-0.2, 0) is 14.3 Å². The van der Waals surface area contributed by atoms with Gasteiger partial charge in [-0.25, -0.2) is 0 Å². The Morgan fingerprint density at radius 3 is 2.38 bits per heavy atom. The summed E-state index contributed by atoms with van der Waals surface area (Å²) in [7, 11) is 0. The van der Waals surface area contributed by atoms with Crippen molar-refractivity contribution in [3.8, 4) is 0 Å². The van der Waals surface area contributed by atoms with E-state index in [1.807, 2.05) is 6.92 Å². The van der Waals surface area contributed by atoms with Gasteiger partial charge in [0.15, 0.2) is 0 Å². The van der Waals surface area contributed by atoms with Crippen molar-refractivity contribution < 1.29 is 81.4 Å². The van der Waals surface area contributed by atoms with Gasteiger partial charge in [-0.2, -0.15) is 0 Å². The molecule has 86 valence electrons. The van der Waals surface area contributed by atoms with Crippen LogP contribution in [0.4, 0.5) is 0 Å².